The number of hydrogen-bond acceptors (Lipinski definition) is 2. The molecule has 1 unspecified atom stereocenters. The van der Waals surface area contributed by atoms with Crippen LogP contribution in [0.25, 0.3) is 0 Å². The predicted molar refractivity (Wildman–Crippen MR) is 74.3 cm³/mol. The summed E-state index contributed by atoms with van der Waals surface area (Å²) in [7, 11) is 0. The average molecular weight is 327 g/mol. The quantitative estimate of drug-likeness (QED) is 0.667. The minimum Gasteiger partial charge on any atom is -0.271 e. The number of hydrogen-bond donors (Lipinski definition) is 2. The van der Waals surface area contributed by atoms with E-state index in [1.165, 1.54) is 18.2 Å². The van der Waals surface area contributed by atoms with Crippen molar-refractivity contribution < 1.29 is 8.78 Å². The highest BCUT2D eigenvalue weighted by Crippen LogP contribution is 2.23. The van der Waals surface area contributed by atoms with Gasteiger partial charge in [-0.3, -0.25) is 11.3 Å². The summed E-state index contributed by atoms with van der Waals surface area (Å²) in [4.78, 5) is 0. The third-order valence-electron chi connectivity index (χ3n) is 2.87. The van der Waals surface area contributed by atoms with Crippen molar-refractivity contribution in [2.45, 2.75) is 12.5 Å². The summed E-state index contributed by atoms with van der Waals surface area (Å²) in [6, 6.07) is 10.6. The Morgan fingerprint density at radius 1 is 1.16 bits per heavy atom. The van der Waals surface area contributed by atoms with Crippen LogP contribution < -0.4 is 11.3 Å². The molecule has 0 heterocycles. The van der Waals surface area contributed by atoms with Gasteiger partial charge in [0.05, 0.1) is 6.04 Å². The first kappa shape index (κ1) is 14.1. The second-order valence-electron chi connectivity index (χ2n) is 4.22. The lowest BCUT2D eigenvalue weighted by atomic mass is 9.99. The zero-order valence-electron chi connectivity index (χ0n) is 10.0. The molecule has 0 spiro atoms. The van der Waals surface area contributed by atoms with E-state index < -0.39 is 0 Å². The van der Waals surface area contributed by atoms with E-state index in [-0.39, 0.29) is 17.7 Å². The maximum Gasteiger partial charge on any atom is 0.126 e. The molecule has 0 radical (unpaired) electrons. The molecule has 2 aromatic carbocycles. The predicted octanol–water partition coefficient (Wildman–Crippen LogP) is 3.47. The molecule has 0 bridgehead atoms. The molecule has 0 aliphatic carbocycles. The standard InChI is InChI=1S/C14H13BrF2N2/c15-11-5-10(6-12(16)8-11)14(19-18)7-9-3-1-2-4-13(9)17/h1-6,8,14,19H,7,18H2. The first-order valence-electron chi connectivity index (χ1n) is 5.75. The van der Waals surface area contributed by atoms with Crippen molar-refractivity contribution in [3.8, 4) is 0 Å². The third-order valence-corrected chi connectivity index (χ3v) is 3.33. The van der Waals surface area contributed by atoms with E-state index in [9.17, 15) is 8.78 Å². The molecule has 0 amide bonds. The minimum absolute atomic E-state index is 0.293. The summed E-state index contributed by atoms with van der Waals surface area (Å²) in [6.07, 6.45) is 0.346. The summed E-state index contributed by atoms with van der Waals surface area (Å²) in [5, 5.41) is 0. The highest BCUT2D eigenvalue weighted by Gasteiger charge is 2.14. The molecule has 2 aromatic rings. The van der Waals surface area contributed by atoms with Crippen LogP contribution in [0.3, 0.4) is 0 Å². The molecule has 0 saturated carbocycles. The highest BCUT2D eigenvalue weighted by molar-refractivity contribution is 9.10. The largest absolute Gasteiger partial charge is 0.271 e. The Hall–Kier alpha value is -1.30. The van der Waals surface area contributed by atoms with E-state index in [2.05, 4.69) is 21.4 Å². The summed E-state index contributed by atoms with van der Waals surface area (Å²) in [5.41, 5.74) is 3.79. The van der Waals surface area contributed by atoms with Crippen molar-refractivity contribution in [1.29, 1.82) is 0 Å². The first-order chi connectivity index (χ1) is 9.10. The Bertz CT molecular complexity index is 555. The fourth-order valence-corrected chi connectivity index (χ4v) is 2.42. The van der Waals surface area contributed by atoms with E-state index in [0.717, 1.165) is 0 Å². The van der Waals surface area contributed by atoms with Gasteiger partial charge in [-0.1, -0.05) is 34.1 Å². The topological polar surface area (TPSA) is 38.0 Å². The molecular formula is C14H13BrF2N2. The summed E-state index contributed by atoms with van der Waals surface area (Å²) in [5.74, 6) is 4.84. The van der Waals surface area contributed by atoms with Crippen molar-refractivity contribution in [2.24, 2.45) is 5.84 Å². The van der Waals surface area contributed by atoms with E-state index in [1.807, 2.05) is 0 Å². The summed E-state index contributed by atoms with van der Waals surface area (Å²) in [6.45, 7) is 0. The molecule has 0 aliphatic heterocycles. The lowest BCUT2D eigenvalue weighted by Gasteiger charge is -2.17. The maximum absolute atomic E-state index is 13.6. The van der Waals surface area contributed by atoms with Gasteiger partial charge in [0.15, 0.2) is 0 Å². The minimum atomic E-state index is -0.363. The van der Waals surface area contributed by atoms with Gasteiger partial charge >= 0.3 is 0 Å². The molecule has 5 heteroatoms. The van der Waals surface area contributed by atoms with Crippen molar-refractivity contribution in [1.82, 2.24) is 5.43 Å². The molecular weight excluding hydrogens is 314 g/mol. The molecule has 2 nitrogen and oxygen atoms in total. The van der Waals surface area contributed by atoms with E-state index in [4.69, 9.17) is 5.84 Å². The van der Waals surface area contributed by atoms with Gasteiger partial charge < -0.3 is 0 Å². The zero-order valence-corrected chi connectivity index (χ0v) is 11.6. The second-order valence-corrected chi connectivity index (χ2v) is 5.13. The normalized spacial score (nSPS) is 12.4. The lowest BCUT2D eigenvalue weighted by molar-refractivity contribution is 0.524. The average Bonchev–Trinajstić information content (AvgIpc) is 2.36. The van der Waals surface area contributed by atoms with Crippen LogP contribution in [-0.4, -0.2) is 0 Å². The highest BCUT2D eigenvalue weighted by atomic mass is 79.9. The number of nitrogens with two attached hydrogens (primary N) is 1. The molecule has 1 atom stereocenters. The van der Waals surface area contributed by atoms with E-state index >= 15 is 0 Å². The SMILES string of the molecule is NNC(Cc1ccccc1F)c1cc(F)cc(Br)c1. The van der Waals surface area contributed by atoms with E-state index in [1.54, 1.807) is 24.3 Å². The van der Waals surface area contributed by atoms with Gasteiger partial charge in [-0.25, -0.2) is 8.78 Å². The smallest absolute Gasteiger partial charge is 0.126 e. The van der Waals surface area contributed by atoms with Crippen LogP contribution >= 0.6 is 15.9 Å². The van der Waals surface area contributed by atoms with Gasteiger partial charge in [0.2, 0.25) is 0 Å². The van der Waals surface area contributed by atoms with Crippen LogP contribution in [-0.2, 0) is 6.42 Å². The van der Waals surface area contributed by atoms with Gasteiger partial charge in [0.25, 0.3) is 0 Å². The van der Waals surface area contributed by atoms with Crippen LogP contribution in [0.1, 0.15) is 17.2 Å². The van der Waals surface area contributed by atoms with Gasteiger partial charge in [-0.2, -0.15) is 0 Å². The first-order valence-corrected chi connectivity index (χ1v) is 6.55. The number of rotatable bonds is 4. The number of benzene rings is 2. The Balaban J connectivity index is 2.28. The van der Waals surface area contributed by atoms with Crippen LogP contribution in [0.2, 0.25) is 0 Å². The van der Waals surface area contributed by atoms with Crippen molar-refractivity contribution in [3.63, 3.8) is 0 Å². The van der Waals surface area contributed by atoms with Gasteiger partial charge in [0.1, 0.15) is 11.6 Å². The van der Waals surface area contributed by atoms with E-state index in [0.29, 0.717) is 22.0 Å². The van der Waals surface area contributed by atoms with Crippen LogP contribution in [0.15, 0.2) is 46.9 Å². The Morgan fingerprint density at radius 3 is 2.53 bits per heavy atom. The third kappa shape index (κ3) is 3.59. The second kappa shape index (κ2) is 6.23. The van der Waals surface area contributed by atoms with Crippen LogP contribution in [0.4, 0.5) is 8.78 Å². The van der Waals surface area contributed by atoms with Gasteiger partial charge in [-0.05, 0) is 41.8 Å². The Labute approximate surface area is 118 Å². The molecule has 0 aromatic heterocycles. The number of nitrogens with one attached hydrogen (secondary N) is 1. The van der Waals surface area contributed by atoms with Crippen LogP contribution in [0, 0.1) is 11.6 Å². The Morgan fingerprint density at radius 2 is 1.89 bits per heavy atom. The van der Waals surface area contributed by atoms with Crippen molar-refractivity contribution in [2.75, 3.05) is 0 Å². The Kier molecular flexibility index (Phi) is 4.63. The molecule has 3 N–H and O–H groups in total. The molecule has 19 heavy (non-hydrogen) atoms. The zero-order chi connectivity index (χ0) is 13.8. The monoisotopic (exact) mass is 326 g/mol. The van der Waals surface area contributed by atoms with Crippen LogP contribution in [0.5, 0.6) is 0 Å². The fourth-order valence-electron chi connectivity index (χ4n) is 1.93. The fraction of sp³-hybridized carbons (Fsp3) is 0.143. The summed E-state index contributed by atoms with van der Waals surface area (Å²) >= 11 is 3.23. The van der Waals surface area contributed by atoms with Gasteiger partial charge in [0, 0.05) is 4.47 Å². The van der Waals surface area contributed by atoms with Crippen molar-refractivity contribution >= 4 is 15.9 Å². The molecule has 0 fully saturated rings. The molecule has 100 valence electrons. The maximum atomic E-state index is 13.6. The van der Waals surface area contributed by atoms with Crippen molar-refractivity contribution in [3.05, 3.63) is 69.7 Å². The number of hydrazine groups is 1. The molecule has 2 rings (SSSR count). The molecule has 0 saturated heterocycles. The summed E-state index contributed by atoms with van der Waals surface area (Å²) < 4.78 is 27.6. The number of halogens is 3. The molecule has 0 aliphatic rings. The van der Waals surface area contributed by atoms with Gasteiger partial charge in [-0.15, -0.1) is 0 Å². The lowest BCUT2D eigenvalue weighted by Crippen LogP contribution is -2.29.